The van der Waals surface area contributed by atoms with Crippen LogP contribution in [0.3, 0.4) is 0 Å². The first-order chi connectivity index (χ1) is 23.0. The molecule has 2 aliphatic carbocycles. The highest BCUT2D eigenvalue weighted by molar-refractivity contribution is 7.19. The van der Waals surface area contributed by atoms with Crippen molar-refractivity contribution >= 4 is 34.4 Å². The van der Waals surface area contributed by atoms with E-state index in [2.05, 4.69) is 191 Å². The van der Waals surface area contributed by atoms with Crippen LogP contribution in [0.5, 0.6) is 0 Å². The molecule has 2 aliphatic rings. The molecule has 47 heavy (non-hydrogen) atoms. The van der Waals surface area contributed by atoms with Gasteiger partial charge >= 0.3 is 0 Å². The molecule has 0 radical (unpaired) electrons. The van der Waals surface area contributed by atoms with Crippen molar-refractivity contribution in [1.82, 2.24) is 0 Å². The molecule has 228 valence electrons. The summed E-state index contributed by atoms with van der Waals surface area (Å²) in [4.78, 5) is 0. The van der Waals surface area contributed by atoms with E-state index < -0.39 is 8.07 Å². The minimum atomic E-state index is -2.60. The van der Waals surface area contributed by atoms with Crippen molar-refractivity contribution in [2.45, 2.75) is 32.6 Å². The average molecular weight is 621 g/mol. The molecule has 0 spiro atoms. The Balaban J connectivity index is 1.39. The summed E-state index contributed by atoms with van der Waals surface area (Å²) in [5.74, 6) is 0.572. The van der Waals surface area contributed by atoms with Crippen LogP contribution < -0.4 is 20.7 Å². The van der Waals surface area contributed by atoms with Gasteiger partial charge in [0.25, 0.3) is 0 Å². The molecule has 0 saturated carbocycles. The third-order valence-electron chi connectivity index (χ3n) is 10.6. The summed E-state index contributed by atoms with van der Waals surface area (Å²) in [5.41, 5.74) is 10.8. The third kappa shape index (κ3) is 4.72. The Hall–Kier alpha value is -4.98. The maximum absolute atomic E-state index is 2.60. The summed E-state index contributed by atoms with van der Waals surface area (Å²) in [6.45, 7) is 7.06. The standard InChI is InChI=1S/C46H40Si/c1-33-23-25-34(26-24-33)40-31-32-43-45(41-21-13-14-22-42(41)46(43,2)3)44(40)35-27-29-39(30-28-35)47(36-15-7-4-8-16-36,37-17-9-5-10-18-37)38-19-11-6-12-20-38/h4-23,25-33H,24H2,1-3H3. The van der Waals surface area contributed by atoms with Gasteiger partial charge in [-0.15, -0.1) is 0 Å². The Morgan fingerprint density at radius 3 is 1.60 bits per heavy atom. The molecular formula is C46H40Si. The first-order valence-electron chi connectivity index (χ1n) is 16.9. The van der Waals surface area contributed by atoms with Gasteiger partial charge in [0.2, 0.25) is 0 Å². The van der Waals surface area contributed by atoms with Gasteiger partial charge in [0, 0.05) is 5.41 Å². The minimum absolute atomic E-state index is 0.0551. The molecule has 0 fully saturated rings. The Bertz CT molecular complexity index is 2020. The van der Waals surface area contributed by atoms with Crippen LogP contribution in [0.4, 0.5) is 0 Å². The van der Waals surface area contributed by atoms with Crippen LogP contribution in [0.25, 0.3) is 27.8 Å². The van der Waals surface area contributed by atoms with Crippen molar-refractivity contribution in [3.8, 4) is 22.3 Å². The predicted octanol–water partition coefficient (Wildman–Crippen LogP) is 9.02. The van der Waals surface area contributed by atoms with Crippen molar-refractivity contribution < 1.29 is 0 Å². The molecule has 1 unspecified atom stereocenters. The highest BCUT2D eigenvalue weighted by Gasteiger charge is 2.42. The SMILES string of the molecule is CC1C=CC(c2ccc3c(c2-c2ccc([Si](c4ccccc4)(c4ccccc4)c4ccccc4)cc2)-c2ccccc2C3(C)C)=CC1. The second-order valence-corrected chi connectivity index (χ2v) is 17.5. The smallest absolute Gasteiger partial charge is 0.0808 e. The van der Waals surface area contributed by atoms with E-state index in [4.69, 9.17) is 0 Å². The predicted molar refractivity (Wildman–Crippen MR) is 204 cm³/mol. The zero-order valence-electron chi connectivity index (χ0n) is 27.5. The van der Waals surface area contributed by atoms with Crippen LogP contribution in [0.15, 0.2) is 170 Å². The first-order valence-corrected chi connectivity index (χ1v) is 18.9. The molecule has 0 amide bonds. The molecule has 0 heterocycles. The lowest BCUT2D eigenvalue weighted by molar-refractivity contribution is 0.660. The van der Waals surface area contributed by atoms with Gasteiger partial charge in [0.1, 0.15) is 0 Å². The summed E-state index contributed by atoms with van der Waals surface area (Å²) in [6, 6.07) is 57.1. The normalized spacial score (nSPS) is 16.3. The lowest BCUT2D eigenvalue weighted by Crippen LogP contribution is -2.74. The van der Waals surface area contributed by atoms with Gasteiger partial charge in [-0.2, -0.15) is 0 Å². The number of hydrogen-bond donors (Lipinski definition) is 0. The van der Waals surface area contributed by atoms with Crippen molar-refractivity contribution in [2.75, 3.05) is 0 Å². The monoisotopic (exact) mass is 620 g/mol. The fourth-order valence-electron chi connectivity index (χ4n) is 8.21. The number of hydrogen-bond acceptors (Lipinski definition) is 0. The molecule has 6 aromatic rings. The van der Waals surface area contributed by atoms with Crippen LogP contribution in [0.1, 0.15) is 43.9 Å². The van der Waals surface area contributed by atoms with E-state index in [1.54, 1.807) is 0 Å². The summed E-state index contributed by atoms with van der Waals surface area (Å²) >= 11 is 0. The minimum Gasteiger partial charge on any atom is -0.0808 e. The summed E-state index contributed by atoms with van der Waals surface area (Å²) in [5, 5.41) is 5.58. The van der Waals surface area contributed by atoms with Gasteiger partial charge in [-0.1, -0.05) is 191 Å². The van der Waals surface area contributed by atoms with Crippen LogP contribution in [0, 0.1) is 5.92 Å². The highest BCUT2D eigenvalue weighted by atomic mass is 28.3. The lowest BCUT2D eigenvalue weighted by atomic mass is 9.80. The zero-order chi connectivity index (χ0) is 32.0. The van der Waals surface area contributed by atoms with Gasteiger partial charge in [-0.05, 0) is 77.6 Å². The van der Waals surface area contributed by atoms with Crippen molar-refractivity contribution in [3.05, 3.63) is 187 Å². The number of rotatable bonds is 6. The molecule has 0 nitrogen and oxygen atoms in total. The Morgan fingerprint density at radius 1 is 0.511 bits per heavy atom. The molecule has 1 heteroatoms. The fraction of sp³-hybridized carbons (Fsp3) is 0.130. The van der Waals surface area contributed by atoms with Gasteiger partial charge in [-0.25, -0.2) is 0 Å². The van der Waals surface area contributed by atoms with E-state index in [9.17, 15) is 0 Å². The van der Waals surface area contributed by atoms with E-state index >= 15 is 0 Å². The Morgan fingerprint density at radius 2 is 1.04 bits per heavy atom. The van der Waals surface area contributed by atoms with Crippen molar-refractivity contribution in [1.29, 1.82) is 0 Å². The van der Waals surface area contributed by atoms with Gasteiger partial charge < -0.3 is 0 Å². The summed E-state index contributed by atoms with van der Waals surface area (Å²) < 4.78 is 0. The Labute approximate surface area is 280 Å². The van der Waals surface area contributed by atoms with E-state index in [0.717, 1.165) is 6.42 Å². The summed E-state index contributed by atoms with van der Waals surface area (Å²) in [7, 11) is -2.60. The second-order valence-electron chi connectivity index (χ2n) is 13.7. The maximum Gasteiger partial charge on any atom is 0.179 e. The van der Waals surface area contributed by atoms with Gasteiger partial charge in [-0.3, -0.25) is 0 Å². The molecular weight excluding hydrogens is 581 g/mol. The van der Waals surface area contributed by atoms with E-state index in [1.807, 2.05) is 0 Å². The van der Waals surface area contributed by atoms with E-state index in [1.165, 1.54) is 65.3 Å². The van der Waals surface area contributed by atoms with Crippen LogP contribution in [-0.4, -0.2) is 8.07 Å². The highest BCUT2D eigenvalue weighted by Crippen LogP contribution is 2.53. The molecule has 0 N–H and O–H groups in total. The maximum atomic E-state index is 2.44. The second kappa shape index (κ2) is 11.7. The molecule has 0 bridgehead atoms. The molecule has 0 saturated heterocycles. The van der Waals surface area contributed by atoms with Crippen LogP contribution in [-0.2, 0) is 5.41 Å². The van der Waals surface area contributed by atoms with E-state index in [-0.39, 0.29) is 5.41 Å². The molecule has 0 aromatic heterocycles. The Kier molecular flexibility index (Phi) is 7.31. The molecule has 1 atom stereocenters. The third-order valence-corrected chi connectivity index (χ3v) is 15.4. The number of allylic oxidation sites excluding steroid dienone is 4. The van der Waals surface area contributed by atoms with Crippen LogP contribution in [0.2, 0.25) is 0 Å². The largest absolute Gasteiger partial charge is 0.179 e. The van der Waals surface area contributed by atoms with Crippen molar-refractivity contribution in [2.24, 2.45) is 5.92 Å². The number of benzene rings is 6. The molecule has 6 aromatic carbocycles. The van der Waals surface area contributed by atoms with E-state index in [0.29, 0.717) is 5.92 Å². The molecule has 0 aliphatic heterocycles. The van der Waals surface area contributed by atoms with Crippen molar-refractivity contribution in [3.63, 3.8) is 0 Å². The first kappa shape index (κ1) is 29.4. The fourth-order valence-corrected chi connectivity index (χ4v) is 13.0. The van der Waals surface area contributed by atoms with Crippen LogP contribution >= 0.6 is 0 Å². The quantitative estimate of drug-likeness (QED) is 0.129. The zero-order valence-corrected chi connectivity index (χ0v) is 28.5. The molecule has 8 rings (SSSR count). The van der Waals surface area contributed by atoms with Gasteiger partial charge in [0.15, 0.2) is 8.07 Å². The number of fused-ring (bicyclic) bond motifs is 3. The lowest BCUT2D eigenvalue weighted by Gasteiger charge is -2.34. The van der Waals surface area contributed by atoms with Gasteiger partial charge in [0.05, 0.1) is 0 Å². The average Bonchev–Trinajstić information content (AvgIpc) is 3.36. The topological polar surface area (TPSA) is 0 Å². The summed E-state index contributed by atoms with van der Waals surface area (Å²) in [6.07, 6.45) is 8.22.